The number of hydrazine groups is 1. The Morgan fingerprint density at radius 3 is 3.00 bits per heavy atom. The minimum Gasteiger partial charge on any atom is -0.271 e. The Hall–Kier alpha value is -0.580. The Kier molecular flexibility index (Phi) is 4.83. The highest BCUT2D eigenvalue weighted by atomic mass is 32.2. The lowest BCUT2D eigenvalue weighted by molar-refractivity contribution is 0.383. The number of thioether (sulfide) groups is 1. The van der Waals surface area contributed by atoms with Crippen molar-refractivity contribution in [2.45, 2.75) is 32.2 Å². The van der Waals surface area contributed by atoms with Gasteiger partial charge in [0.25, 0.3) is 0 Å². The maximum Gasteiger partial charge on any atom is 0.0419 e. The van der Waals surface area contributed by atoms with Gasteiger partial charge in [-0.3, -0.25) is 16.3 Å². The molecule has 3 nitrogen and oxygen atoms in total. The van der Waals surface area contributed by atoms with Gasteiger partial charge < -0.3 is 0 Å². The normalized spacial score (nSPS) is 21.6. The van der Waals surface area contributed by atoms with E-state index in [-0.39, 0.29) is 0 Å². The number of aryl methyl sites for hydroxylation is 1. The van der Waals surface area contributed by atoms with Crippen LogP contribution in [0.4, 0.5) is 0 Å². The molecule has 1 aliphatic heterocycles. The van der Waals surface area contributed by atoms with Crippen LogP contribution in [0.15, 0.2) is 18.3 Å². The van der Waals surface area contributed by atoms with Gasteiger partial charge in [-0.15, -0.1) is 0 Å². The predicted molar refractivity (Wildman–Crippen MR) is 73.9 cm³/mol. The summed E-state index contributed by atoms with van der Waals surface area (Å²) in [4.78, 5) is 4.51. The van der Waals surface area contributed by atoms with E-state index >= 15 is 0 Å². The molecule has 1 aromatic rings. The van der Waals surface area contributed by atoms with Crippen LogP contribution in [0.2, 0.25) is 0 Å². The fourth-order valence-electron chi connectivity index (χ4n) is 2.24. The second kappa shape index (κ2) is 6.38. The molecule has 1 saturated heterocycles. The first-order chi connectivity index (χ1) is 8.33. The summed E-state index contributed by atoms with van der Waals surface area (Å²) >= 11 is 2.03. The Bertz CT molecular complexity index is 333. The molecule has 0 spiro atoms. The van der Waals surface area contributed by atoms with Crippen LogP contribution in [-0.2, 0) is 12.8 Å². The molecule has 2 unspecified atom stereocenters. The third kappa shape index (κ3) is 3.44. The third-order valence-electron chi connectivity index (χ3n) is 3.47. The van der Waals surface area contributed by atoms with Gasteiger partial charge in [-0.05, 0) is 41.9 Å². The van der Waals surface area contributed by atoms with Crippen molar-refractivity contribution in [3.8, 4) is 0 Å². The lowest BCUT2D eigenvalue weighted by Crippen LogP contribution is -2.42. The Morgan fingerprint density at radius 1 is 1.59 bits per heavy atom. The molecule has 0 saturated carbocycles. The predicted octanol–water partition coefficient (Wildman–Crippen LogP) is 1.77. The van der Waals surface area contributed by atoms with Gasteiger partial charge in [0.2, 0.25) is 0 Å². The Morgan fingerprint density at radius 2 is 2.47 bits per heavy atom. The zero-order valence-electron chi connectivity index (χ0n) is 10.4. The number of aromatic nitrogens is 1. The molecule has 1 aromatic heterocycles. The molecule has 17 heavy (non-hydrogen) atoms. The maximum atomic E-state index is 5.67. The number of hydrogen-bond donors (Lipinski definition) is 2. The largest absolute Gasteiger partial charge is 0.271 e. The van der Waals surface area contributed by atoms with Crippen molar-refractivity contribution in [3.05, 3.63) is 29.6 Å². The van der Waals surface area contributed by atoms with Crippen LogP contribution in [0.25, 0.3) is 0 Å². The highest BCUT2D eigenvalue weighted by molar-refractivity contribution is 7.99. The molecule has 0 aliphatic carbocycles. The number of hydrogen-bond acceptors (Lipinski definition) is 4. The molecular formula is C13H21N3S. The van der Waals surface area contributed by atoms with Crippen molar-refractivity contribution in [1.29, 1.82) is 0 Å². The molecule has 3 N–H and O–H groups in total. The van der Waals surface area contributed by atoms with E-state index in [2.05, 4.69) is 29.5 Å². The molecule has 0 bridgehead atoms. The molecule has 4 heteroatoms. The van der Waals surface area contributed by atoms with Gasteiger partial charge in [0.05, 0.1) is 0 Å². The summed E-state index contributed by atoms with van der Waals surface area (Å²) in [5, 5.41) is 0. The quantitative estimate of drug-likeness (QED) is 0.618. The van der Waals surface area contributed by atoms with Crippen LogP contribution in [0.5, 0.6) is 0 Å². The van der Waals surface area contributed by atoms with Crippen LogP contribution in [0.3, 0.4) is 0 Å². The smallest absolute Gasteiger partial charge is 0.0419 e. The highest BCUT2D eigenvalue weighted by Crippen LogP contribution is 2.27. The third-order valence-corrected chi connectivity index (χ3v) is 4.66. The molecule has 0 amide bonds. The molecule has 0 aromatic carbocycles. The van der Waals surface area contributed by atoms with Crippen LogP contribution in [0, 0.1) is 5.92 Å². The van der Waals surface area contributed by atoms with Crippen LogP contribution in [0.1, 0.15) is 24.6 Å². The number of nitrogens with two attached hydrogens (primary N) is 1. The lowest BCUT2D eigenvalue weighted by atomic mass is 9.95. The van der Waals surface area contributed by atoms with Crippen molar-refractivity contribution in [3.63, 3.8) is 0 Å². The van der Waals surface area contributed by atoms with Gasteiger partial charge in [0, 0.05) is 24.4 Å². The molecule has 94 valence electrons. The molecule has 2 atom stereocenters. The van der Waals surface area contributed by atoms with Crippen LogP contribution in [-0.4, -0.2) is 22.5 Å². The number of rotatable bonds is 5. The van der Waals surface area contributed by atoms with Crippen LogP contribution >= 0.6 is 11.8 Å². The standard InChI is InChI=1S/C13H21N3S/c1-2-10-3-4-12(15-8-10)7-13(16-14)11-5-6-17-9-11/h3-4,8,11,13,16H,2,5-7,9,14H2,1H3. The summed E-state index contributed by atoms with van der Waals surface area (Å²) in [5.74, 6) is 8.85. The Balaban J connectivity index is 1.96. The Labute approximate surface area is 108 Å². The second-order valence-electron chi connectivity index (χ2n) is 4.61. The summed E-state index contributed by atoms with van der Waals surface area (Å²) in [6.07, 6.45) is 5.23. The summed E-state index contributed by atoms with van der Waals surface area (Å²) in [6, 6.07) is 4.66. The SMILES string of the molecule is CCc1ccc(CC(NN)C2CCSC2)nc1. The van der Waals surface area contributed by atoms with Crippen molar-refractivity contribution in [2.75, 3.05) is 11.5 Å². The number of pyridine rings is 1. The summed E-state index contributed by atoms with van der Waals surface area (Å²) < 4.78 is 0. The molecule has 2 heterocycles. The second-order valence-corrected chi connectivity index (χ2v) is 5.76. The molecule has 2 rings (SSSR count). The molecular weight excluding hydrogens is 230 g/mol. The van der Waals surface area contributed by atoms with E-state index in [1.807, 2.05) is 18.0 Å². The van der Waals surface area contributed by atoms with Crippen molar-refractivity contribution < 1.29 is 0 Å². The lowest BCUT2D eigenvalue weighted by Gasteiger charge is -2.21. The van der Waals surface area contributed by atoms with Gasteiger partial charge in [0.1, 0.15) is 0 Å². The fourth-order valence-corrected chi connectivity index (χ4v) is 3.58. The van der Waals surface area contributed by atoms with E-state index < -0.39 is 0 Å². The van der Waals surface area contributed by atoms with Gasteiger partial charge in [-0.1, -0.05) is 13.0 Å². The summed E-state index contributed by atoms with van der Waals surface area (Å²) in [6.45, 7) is 2.15. The van der Waals surface area contributed by atoms with Crippen molar-refractivity contribution in [1.82, 2.24) is 10.4 Å². The molecule has 1 aliphatic rings. The highest BCUT2D eigenvalue weighted by Gasteiger charge is 2.24. The summed E-state index contributed by atoms with van der Waals surface area (Å²) in [5.41, 5.74) is 5.40. The van der Waals surface area contributed by atoms with E-state index in [1.54, 1.807) is 0 Å². The first-order valence-corrected chi connectivity index (χ1v) is 7.46. The van der Waals surface area contributed by atoms with Crippen molar-refractivity contribution in [2.24, 2.45) is 11.8 Å². The van der Waals surface area contributed by atoms with E-state index in [9.17, 15) is 0 Å². The topological polar surface area (TPSA) is 50.9 Å². The van der Waals surface area contributed by atoms with Crippen LogP contribution < -0.4 is 11.3 Å². The first kappa shape index (κ1) is 12.9. The number of nitrogens with zero attached hydrogens (tertiary/aromatic N) is 1. The van der Waals surface area contributed by atoms with Gasteiger partial charge in [-0.2, -0.15) is 11.8 Å². The van der Waals surface area contributed by atoms with Gasteiger partial charge >= 0.3 is 0 Å². The van der Waals surface area contributed by atoms with Crippen molar-refractivity contribution >= 4 is 11.8 Å². The average Bonchev–Trinajstić information content (AvgIpc) is 2.90. The van der Waals surface area contributed by atoms with Gasteiger partial charge in [0.15, 0.2) is 0 Å². The van der Waals surface area contributed by atoms with E-state index in [1.165, 1.54) is 23.5 Å². The van der Waals surface area contributed by atoms with E-state index in [0.29, 0.717) is 12.0 Å². The maximum absolute atomic E-state index is 5.67. The zero-order valence-corrected chi connectivity index (χ0v) is 11.2. The average molecular weight is 251 g/mol. The minimum absolute atomic E-state index is 0.366. The van der Waals surface area contributed by atoms with E-state index in [4.69, 9.17) is 5.84 Å². The minimum atomic E-state index is 0.366. The summed E-state index contributed by atoms with van der Waals surface area (Å²) in [7, 11) is 0. The zero-order chi connectivity index (χ0) is 12.1. The molecule has 1 fully saturated rings. The monoisotopic (exact) mass is 251 g/mol. The fraction of sp³-hybridized carbons (Fsp3) is 0.615. The number of nitrogens with one attached hydrogen (secondary N) is 1. The van der Waals surface area contributed by atoms with E-state index in [0.717, 1.165) is 18.5 Å². The molecule has 0 radical (unpaired) electrons. The first-order valence-electron chi connectivity index (χ1n) is 6.31. The van der Waals surface area contributed by atoms with Gasteiger partial charge in [-0.25, -0.2) is 0 Å².